The van der Waals surface area contributed by atoms with Crippen molar-refractivity contribution in [1.29, 1.82) is 0 Å². The van der Waals surface area contributed by atoms with Gasteiger partial charge in [0.2, 0.25) is 5.89 Å². The van der Waals surface area contributed by atoms with Gasteiger partial charge in [-0.3, -0.25) is 0 Å². The summed E-state index contributed by atoms with van der Waals surface area (Å²) in [5.74, 6) is 1.01. The van der Waals surface area contributed by atoms with Crippen LogP contribution in [0.2, 0.25) is 0 Å². The van der Waals surface area contributed by atoms with E-state index in [2.05, 4.69) is 10.2 Å². The van der Waals surface area contributed by atoms with Gasteiger partial charge in [0, 0.05) is 22.8 Å². The summed E-state index contributed by atoms with van der Waals surface area (Å²) in [6.07, 6.45) is 0. The van der Waals surface area contributed by atoms with Crippen LogP contribution in [0.1, 0.15) is 11.1 Å². The molecule has 0 fully saturated rings. The third-order valence-electron chi connectivity index (χ3n) is 4.85. The van der Waals surface area contributed by atoms with Crippen molar-refractivity contribution < 1.29 is 8.83 Å². The fourth-order valence-electron chi connectivity index (χ4n) is 3.46. The fraction of sp³-hybridized carbons (Fsp3) is 0.0870. The van der Waals surface area contributed by atoms with E-state index in [0.29, 0.717) is 22.4 Å². The molecular weight excluding hydrogens is 384 g/mol. The van der Waals surface area contributed by atoms with Gasteiger partial charge in [-0.2, -0.15) is 0 Å². The molecule has 0 aliphatic carbocycles. The van der Waals surface area contributed by atoms with Crippen molar-refractivity contribution in [2.75, 3.05) is 0 Å². The number of aromatic nitrogens is 2. The van der Waals surface area contributed by atoms with Crippen LogP contribution < -0.4 is 5.63 Å². The summed E-state index contributed by atoms with van der Waals surface area (Å²) in [4.78, 5) is 12.1. The van der Waals surface area contributed by atoms with Crippen LogP contribution in [0.15, 0.2) is 85.6 Å². The predicted molar refractivity (Wildman–Crippen MR) is 114 cm³/mol. The molecule has 0 N–H and O–H groups in total. The first-order valence-corrected chi connectivity index (χ1v) is 10.1. The molecule has 5 aromatic rings. The highest BCUT2D eigenvalue weighted by molar-refractivity contribution is 7.98. The Kier molecular flexibility index (Phi) is 4.41. The maximum atomic E-state index is 12.1. The molecule has 0 bridgehead atoms. The van der Waals surface area contributed by atoms with E-state index in [-0.39, 0.29) is 5.63 Å². The van der Waals surface area contributed by atoms with E-state index in [4.69, 9.17) is 8.83 Å². The van der Waals surface area contributed by atoms with Crippen LogP contribution in [0.5, 0.6) is 0 Å². The van der Waals surface area contributed by atoms with Gasteiger partial charge in [-0.05, 0) is 41.0 Å². The summed E-state index contributed by atoms with van der Waals surface area (Å²) in [6.45, 7) is 2.01. The molecule has 6 heteroatoms. The Morgan fingerprint density at radius 1 is 0.931 bits per heavy atom. The number of benzene rings is 3. The molecule has 0 amide bonds. The minimum Gasteiger partial charge on any atom is -0.423 e. The standard InChI is InChI=1S/C23H16N2O3S/c1-14-6-2-4-8-17(14)22-24-25-23(28-22)29-13-16-12-20(26)27-19-11-10-15-7-3-5-9-18(15)21(16)19/h2-12H,13H2,1H3. The molecule has 0 saturated carbocycles. The minimum atomic E-state index is -0.366. The van der Waals surface area contributed by atoms with Gasteiger partial charge in [-0.15, -0.1) is 10.2 Å². The number of nitrogens with zero attached hydrogens (tertiary/aromatic N) is 2. The van der Waals surface area contributed by atoms with E-state index in [9.17, 15) is 4.79 Å². The van der Waals surface area contributed by atoms with Crippen molar-refractivity contribution in [1.82, 2.24) is 10.2 Å². The van der Waals surface area contributed by atoms with E-state index in [1.54, 1.807) is 6.07 Å². The average molecular weight is 400 g/mol. The van der Waals surface area contributed by atoms with Gasteiger partial charge in [-0.1, -0.05) is 60.3 Å². The maximum Gasteiger partial charge on any atom is 0.336 e. The Bertz CT molecular complexity index is 1400. The monoisotopic (exact) mass is 400 g/mol. The Labute approximate surface area is 170 Å². The molecule has 0 saturated heterocycles. The van der Waals surface area contributed by atoms with Crippen molar-refractivity contribution >= 4 is 33.5 Å². The second-order valence-corrected chi connectivity index (χ2v) is 7.65. The molecule has 142 valence electrons. The largest absolute Gasteiger partial charge is 0.423 e. The Morgan fingerprint density at radius 2 is 1.76 bits per heavy atom. The molecule has 5 rings (SSSR count). The highest BCUT2D eigenvalue weighted by atomic mass is 32.2. The molecule has 29 heavy (non-hydrogen) atoms. The van der Waals surface area contributed by atoms with Crippen molar-refractivity contribution in [2.45, 2.75) is 17.9 Å². The van der Waals surface area contributed by atoms with Crippen LogP contribution in [0.25, 0.3) is 33.2 Å². The molecule has 0 spiro atoms. The lowest BCUT2D eigenvalue weighted by molar-refractivity contribution is 0.465. The van der Waals surface area contributed by atoms with Crippen LogP contribution in [0.4, 0.5) is 0 Å². The molecule has 0 unspecified atom stereocenters. The van der Waals surface area contributed by atoms with Gasteiger partial charge in [0.1, 0.15) is 5.58 Å². The Hall–Kier alpha value is -3.38. The predicted octanol–water partition coefficient (Wildman–Crippen LogP) is 5.60. The summed E-state index contributed by atoms with van der Waals surface area (Å²) < 4.78 is 11.3. The Balaban J connectivity index is 1.51. The van der Waals surface area contributed by atoms with Crippen LogP contribution in [-0.2, 0) is 5.75 Å². The van der Waals surface area contributed by atoms with E-state index in [1.807, 2.05) is 67.6 Å². The first kappa shape index (κ1) is 17.7. The highest BCUT2D eigenvalue weighted by Gasteiger charge is 2.14. The van der Waals surface area contributed by atoms with Crippen molar-refractivity contribution in [2.24, 2.45) is 0 Å². The first-order valence-electron chi connectivity index (χ1n) is 9.16. The Morgan fingerprint density at radius 3 is 2.66 bits per heavy atom. The number of hydrogen-bond donors (Lipinski definition) is 0. The number of rotatable bonds is 4. The highest BCUT2D eigenvalue weighted by Crippen LogP contribution is 2.32. The second kappa shape index (κ2) is 7.22. The molecular formula is C23H16N2O3S. The van der Waals surface area contributed by atoms with Crippen molar-refractivity contribution in [3.05, 3.63) is 88.3 Å². The van der Waals surface area contributed by atoms with Crippen LogP contribution in [-0.4, -0.2) is 10.2 Å². The fourth-order valence-corrected chi connectivity index (χ4v) is 4.21. The minimum absolute atomic E-state index is 0.366. The average Bonchev–Trinajstić information content (AvgIpc) is 3.20. The lowest BCUT2D eigenvalue weighted by Gasteiger charge is -2.07. The quantitative estimate of drug-likeness (QED) is 0.222. The SMILES string of the molecule is Cc1ccccc1-c1nnc(SCc2cc(=O)oc3ccc4ccccc4c23)o1. The summed E-state index contributed by atoms with van der Waals surface area (Å²) in [6, 6.07) is 21.3. The van der Waals surface area contributed by atoms with Gasteiger partial charge in [0.25, 0.3) is 5.22 Å². The zero-order chi connectivity index (χ0) is 19.8. The molecule has 0 aliphatic heterocycles. The van der Waals surface area contributed by atoms with Crippen LogP contribution in [0.3, 0.4) is 0 Å². The van der Waals surface area contributed by atoms with Crippen molar-refractivity contribution in [3.8, 4) is 11.5 Å². The van der Waals surface area contributed by atoms with Gasteiger partial charge >= 0.3 is 5.63 Å². The molecule has 5 nitrogen and oxygen atoms in total. The number of fused-ring (bicyclic) bond motifs is 3. The summed E-state index contributed by atoms with van der Waals surface area (Å²) in [5, 5.41) is 11.9. The van der Waals surface area contributed by atoms with E-state index >= 15 is 0 Å². The number of hydrogen-bond acceptors (Lipinski definition) is 6. The third-order valence-corrected chi connectivity index (χ3v) is 5.71. The van der Waals surface area contributed by atoms with Crippen LogP contribution >= 0.6 is 11.8 Å². The zero-order valence-electron chi connectivity index (χ0n) is 15.6. The maximum absolute atomic E-state index is 12.1. The molecule has 3 aromatic carbocycles. The lowest BCUT2D eigenvalue weighted by Crippen LogP contribution is -2.00. The molecule has 2 heterocycles. The molecule has 0 atom stereocenters. The summed E-state index contributed by atoms with van der Waals surface area (Å²) in [5.41, 5.74) is 3.09. The van der Waals surface area contributed by atoms with Gasteiger partial charge in [0.05, 0.1) is 0 Å². The molecule has 0 radical (unpaired) electrons. The summed E-state index contributed by atoms with van der Waals surface area (Å²) in [7, 11) is 0. The second-order valence-electron chi connectivity index (χ2n) is 6.73. The smallest absolute Gasteiger partial charge is 0.336 e. The normalized spacial score (nSPS) is 11.3. The van der Waals surface area contributed by atoms with Gasteiger partial charge in [-0.25, -0.2) is 4.79 Å². The molecule has 0 aliphatic rings. The van der Waals surface area contributed by atoms with Crippen molar-refractivity contribution in [3.63, 3.8) is 0 Å². The molecule has 2 aromatic heterocycles. The van der Waals surface area contributed by atoms with E-state index < -0.39 is 0 Å². The first-order chi connectivity index (χ1) is 14.2. The third kappa shape index (κ3) is 3.32. The van der Waals surface area contributed by atoms with E-state index in [0.717, 1.165) is 32.8 Å². The zero-order valence-corrected chi connectivity index (χ0v) is 16.4. The topological polar surface area (TPSA) is 69.1 Å². The van der Waals surface area contributed by atoms with E-state index in [1.165, 1.54) is 11.8 Å². The van der Waals surface area contributed by atoms with Gasteiger partial charge < -0.3 is 8.83 Å². The number of thioether (sulfide) groups is 1. The van der Waals surface area contributed by atoms with Crippen LogP contribution in [0, 0.1) is 6.92 Å². The van der Waals surface area contributed by atoms with Gasteiger partial charge in [0.15, 0.2) is 0 Å². The summed E-state index contributed by atoms with van der Waals surface area (Å²) >= 11 is 1.41. The lowest BCUT2D eigenvalue weighted by atomic mass is 10.0. The number of aryl methyl sites for hydroxylation is 1.